The Balaban J connectivity index is 1.25. The highest BCUT2D eigenvalue weighted by atomic mass is 16.5. The van der Waals surface area contributed by atoms with Crippen LogP contribution in [0.5, 0.6) is 11.5 Å². The number of aromatic nitrogens is 6. The van der Waals surface area contributed by atoms with E-state index in [0.717, 1.165) is 54.6 Å². The van der Waals surface area contributed by atoms with E-state index in [1.165, 1.54) is 6.33 Å². The summed E-state index contributed by atoms with van der Waals surface area (Å²) in [5.41, 5.74) is 4.10. The molecule has 1 aliphatic rings. The Hall–Kier alpha value is -4.31. The Bertz CT molecular complexity index is 1480. The number of hydrogen-bond acceptors (Lipinski definition) is 9. The minimum atomic E-state index is 0.640. The van der Waals surface area contributed by atoms with Crippen molar-refractivity contribution in [3.05, 3.63) is 67.0 Å². The van der Waals surface area contributed by atoms with Gasteiger partial charge in [0, 0.05) is 56.5 Å². The molecule has 1 fully saturated rings. The van der Waals surface area contributed by atoms with Gasteiger partial charge in [-0.25, -0.2) is 24.9 Å². The summed E-state index contributed by atoms with van der Waals surface area (Å²) in [5, 5.41) is 6.74. The molecule has 34 heavy (non-hydrogen) atoms. The number of nitrogens with one attached hydrogen (secondary N) is 2. The molecule has 10 nitrogen and oxygen atoms in total. The molecule has 6 rings (SSSR count). The van der Waals surface area contributed by atoms with Gasteiger partial charge in [0.25, 0.3) is 0 Å². The van der Waals surface area contributed by atoms with Crippen LogP contribution in [0.1, 0.15) is 5.56 Å². The molecule has 10 heteroatoms. The molecule has 4 aromatic heterocycles. The van der Waals surface area contributed by atoms with E-state index >= 15 is 0 Å². The van der Waals surface area contributed by atoms with Crippen molar-refractivity contribution in [2.45, 2.75) is 6.92 Å². The molecule has 0 spiro atoms. The van der Waals surface area contributed by atoms with Crippen LogP contribution in [0.4, 0.5) is 17.5 Å². The Kier molecular flexibility index (Phi) is 5.11. The van der Waals surface area contributed by atoms with E-state index < -0.39 is 0 Å². The van der Waals surface area contributed by atoms with Crippen molar-refractivity contribution in [2.24, 2.45) is 0 Å². The number of pyridine rings is 1. The summed E-state index contributed by atoms with van der Waals surface area (Å²) in [6.07, 6.45) is 8.87. The van der Waals surface area contributed by atoms with Crippen LogP contribution >= 0.6 is 0 Å². The lowest BCUT2D eigenvalue weighted by molar-refractivity contribution is 0.478. The zero-order valence-electron chi connectivity index (χ0n) is 18.6. The molecular formula is C24H23N9O. The van der Waals surface area contributed by atoms with Crippen LogP contribution in [-0.4, -0.2) is 55.5 Å². The molecule has 0 radical (unpaired) electrons. The van der Waals surface area contributed by atoms with Gasteiger partial charge in [0.05, 0.1) is 6.20 Å². The quantitative estimate of drug-likeness (QED) is 0.414. The second-order valence-corrected chi connectivity index (χ2v) is 8.13. The Labute approximate surface area is 195 Å². The van der Waals surface area contributed by atoms with Crippen LogP contribution in [0.3, 0.4) is 0 Å². The predicted octanol–water partition coefficient (Wildman–Crippen LogP) is 3.32. The summed E-state index contributed by atoms with van der Waals surface area (Å²) in [4.78, 5) is 24.5. The Morgan fingerprint density at radius 2 is 1.91 bits per heavy atom. The SMILES string of the molecule is Cc1cc(Nc2ncnc3cnc(N4CCNCC4)nc23)ccc1Oc1ccn2ccnc2c1. The lowest BCUT2D eigenvalue weighted by Crippen LogP contribution is -2.44. The van der Waals surface area contributed by atoms with Crippen molar-refractivity contribution in [3.8, 4) is 11.5 Å². The van der Waals surface area contributed by atoms with Gasteiger partial charge in [0.15, 0.2) is 5.82 Å². The number of rotatable bonds is 5. The molecule has 0 aliphatic carbocycles. The first-order valence-electron chi connectivity index (χ1n) is 11.1. The fourth-order valence-corrected chi connectivity index (χ4v) is 4.01. The van der Waals surface area contributed by atoms with E-state index in [0.29, 0.717) is 22.8 Å². The number of piperazine rings is 1. The summed E-state index contributed by atoms with van der Waals surface area (Å²) in [7, 11) is 0. The van der Waals surface area contributed by atoms with E-state index in [-0.39, 0.29) is 0 Å². The molecule has 2 N–H and O–H groups in total. The summed E-state index contributed by atoms with van der Waals surface area (Å²) < 4.78 is 8.05. The number of hydrogen-bond donors (Lipinski definition) is 2. The highest BCUT2D eigenvalue weighted by Gasteiger charge is 2.16. The Morgan fingerprint density at radius 1 is 1.00 bits per heavy atom. The third-order valence-electron chi connectivity index (χ3n) is 5.80. The third kappa shape index (κ3) is 3.95. The molecule has 0 amide bonds. The normalized spacial score (nSPS) is 14.0. The topological polar surface area (TPSA) is 105 Å². The van der Waals surface area contributed by atoms with Crippen LogP contribution in [0.25, 0.3) is 16.7 Å². The maximum absolute atomic E-state index is 6.11. The van der Waals surface area contributed by atoms with Crippen molar-refractivity contribution in [3.63, 3.8) is 0 Å². The van der Waals surface area contributed by atoms with Crippen molar-refractivity contribution in [1.29, 1.82) is 0 Å². The van der Waals surface area contributed by atoms with Gasteiger partial charge in [0.2, 0.25) is 5.95 Å². The second-order valence-electron chi connectivity index (χ2n) is 8.13. The second kappa shape index (κ2) is 8.56. The fraction of sp³-hybridized carbons (Fsp3) is 0.208. The van der Waals surface area contributed by atoms with Gasteiger partial charge in [-0.2, -0.15) is 0 Å². The molecule has 5 aromatic rings. The highest BCUT2D eigenvalue weighted by molar-refractivity contribution is 5.87. The maximum atomic E-state index is 6.11. The number of benzene rings is 1. The average Bonchev–Trinajstić information content (AvgIpc) is 3.34. The summed E-state index contributed by atoms with van der Waals surface area (Å²) in [6.45, 7) is 5.59. The van der Waals surface area contributed by atoms with E-state index in [2.05, 4.69) is 35.5 Å². The van der Waals surface area contributed by atoms with E-state index in [1.54, 1.807) is 12.4 Å². The molecule has 5 heterocycles. The molecule has 0 atom stereocenters. The van der Waals surface area contributed by atoms with Crippen molar-refractivity contribution in [2.75, 3.05) is 36.4 Å². The number of anilines is 3. The van der Waals surface area contributed by atoms with Crippen molar-refractivity contribution >= 4 is 34.1 Å². The van der Waals surface area contributed by atoms with Gasteiger partial charge < -0.3 is 24.7 Å². The zero-order chi connectivity index (χ0) is 22.9. The van der Waals surface area contributed by atoms with Crippen LogP contribution in [0, 0.1) is 6.92 Å². The van der Waals surface area contributed by atoms with Crippen LogP contribution in [-0.2, 0) is 0 Å². The largest absolute Gasteiger partial charge is 0.457 e. The third-order valence-corrected chi connectivity index (χ3v) is 5.80. The maximum Gasteiger partial charge on any atom is 0.226 e. The van der Waals surface area contributed by atoms with Crippen LogP contribution < -0.4 is 20.3 Å². The minimum absolute atomic E-state index is 0.640. The molecular weight excluding hydrogens is 430 g/mol. The highest BCUT2D eigenvalue weighted by Crippen LogP contribution is 2.30. The number of fused-ring (bicyclic) bond motifs is 2. The standard InChI is InChI=1S/C24H23N9O/c1-16-12-17(2-3-20(16)34-18-4-8-32-11-7-26-21(32)13-18)30-23-22-19(28-15-29-23)14-27-24(31-22)33-9-5-25-6-10-33/h2-4,7-8,11-15,25H,5-6,9-10H2,1H3,(H,28,29,30). The first-order chi connectivity index (χ1) is 16.7. The van der Waals surface area contributed by atoms with E-state index in [9.17, 15) is 0 Å². The van der Waals surface area contributed by atoms with Gasteiger partial charge in [-0.15, -0.1) is 0 Å². The van der Waals surface area contributed by atoms with Crippen LogP contribution in [0.2, 0.25) is 0 Å². The first kappa shape index (κ1) is 20.3. The number of aryl methyl sites for hydroxylation is 1. The minimum Gasteiger partial charge on any atom is -0.457 e. The van der Waals surface area contributed by atoms with Gasteiger partial charge >= 0.3 is 0 Å². The number of ether oxygens (including phenoxy) is 1. The Morgan fingerprint density at radius 3 is 2.79 bits per heavy atom. The monoisotopic (exact) mass is 453 g/mol. The molecule has 1 saturated heterocycles. The average molecular weight is 454 g/mol. The molecule has 170 valence electrons. The molecule has 1 aliphatic heterocycles. The number of imidazole rings is 1. The van der Waals surface area contributed by atoms with Crippen molar-refractivity contribution in [1.82, 2.24) is 34.6 Å². The van der Waals surface area contributed by atoms with E-state index in [1.807, 2.05) is 54.0 Å². The van der Waals surface area contributed by atoms with Gasteiger partial charge in [-0.05, 0) is 36.8 Å². The smallest absolute Gasteiger partial charge is 0.226 e. The lowest BCUT2D eigenvalue weighted by Gasteiger charge is -2.27. The predicted molar refractivity (Wildman–Crippen MR) is 130 cm³/mol. The van der Waals surface area contributed by atoms with Crippen molar-refractivity contribution < 1.29 is 4.74 Å². The summed E-state index contributed by atoms with van der Waals surface area (Å²) in [6, 6.07) is 9.76. The van der Waals surface area contributed by atoms with Gasteiger partial charge in [-0.1, -0.05) is 0 Å². The molecule has 1 aromatic carbocycles. The van der Waals surface area contributed by atoms with Gasteiger partial charge in [-0.3, -0.25) is 0 Å². The number of nitrogens with zero attached hydrogens (tertiary/aromatic N) is 7. The first-order valence-corrected chi connectivity index (χ1v) is 11.1. The summed E-state index contributed by atoms with van der Waals surface area (Å²) in [5.74, 6) is 2.85. The molecule has 0 bridgehead atoms. The summed E-state index contributed by atoms with van der Waals surface area (Å²) >= 11 is 0. The van der Waals surface area contributed by atoms with Gasteiger partial charge in [0.1, 0.15) is 34.5 Å². The molecule has 0 unspecified atom stereocenters. The fourth-order valence-electron chi connectivity index (χ4n) is 4.01. The lowest BCUT2D eigenvalue weighted by atomic mass is 10.2. The van der Waals surface area contributed by atoms with Crippen LogP contribution in [0.15, 0.2) is 61.4 Å². The van der Waals surface area contributed by atoms with E-state index in [4.69, 9.17) is 9.72 Å². The zero-order valence-corrected chi connectivity index (χ0v) is 18.6. The molecule has 0 saturated carbocycles.